The second-order valence-electron chi connectivity index (χ2n) is 9.27. The van der Waals surface area contributed by atoms with Crippen molar-refractivity contribution in [2.75, 3.05) is 13.1 Å². The van der Waals surface area contributed by atoms with Crippen molar-refractivity contribution in [2.24, 2.45) is 5.92 Å². The predicted octanol–water partition coefficient (Wildman–Crippen LogP) is 4.87. The van der Waals surface area contributed by atoms with E-state index in [9.17, 15) is 34.8 Å². The molecule has 0 aliphatic carbocycles. The summed E-state index contributed by atoms with van der Waals surface area (Å²) in [6, 6.07) is 7.42. The van der Waals surface area contributed by atoms with Gasteiger partial charge in [-0.2, -0.15) is 13.2 Å². The normalized spacial score (nSPS) is 15.9. The molecule has 0 atom stereocenters. The van der Waals surface area contributed by atoms with Crippen molar-refractivity contribution < 1.29 is 34.8 Å². The lowest BCUT2D eigenvalue weighted by Crippen LogP contribution is -2.59. The van der Waals surface area contributed by atoms with Crippen LogP contribution in [0.15, 0.2) is 52.3 Å². The Bertz CT molecular complexity index is 1360. The van der Waals surface area contributed by atoms with Gasteiger partial charge < -0.3 is 4.90 Å². The molecule has 2 aromatic carbocycles. The first-order chi connectivity index (χ1) is 15.9. The average Bonchev–Trinajstić information content (AvgIpc) is 2.71. The van der Waals surface area contributed by atoms with Gasteiger partial charge in [-0.3, -0.25) is 4.79 Å². The van der Waals surface area contributed by atoms with E-state index in [0.717, 1.165) is 18.2 Å². The van der Waals surface area contributed by atoms with Crippen molar-refractivity contribution in [1.29, 1.82) is 0 Å². The third-order valence-electron chi connectivity index (χ3n) is 6.44. The van der Waals surface area contributed by atoms with Gasteiger partial charge >= 0.3 is 6.18 Å². The van der Waals surface area contributed by atoms with E-state index >= 15 is 0 Å². The van der Waals surface area contributed by atoms with Gasteiger partial charge in [0, 0.05) is 19.0 Å². The van der Waals surface area contributed by atoms with Crippen molar-refractivity contribution in [2.45, 2.75) is 53.7 Å². The lowest BCUT2D eigenvalue weighted by Gasteiger charge is -2.47. The van der Waals surface area contributed by atoms with Crippen LogP contribution in [-0.4, -0.2) is 50.7 Å². The van der Waals surface area contributed by atoms with E-state index in [0.29, 0.717) is 6.07 Å². The number of carbonyl (C=O) groups excluding carboxylic acids is 1. The second-order valence-corrected chi connectivity index (χ2v) is 14.7. The SMILES string of the molecule is CC(C)S(=O)(=O)c1ccc(C(=O)N2CC(C(C)(C)S(=O)(=O)c3cccc(C(F)(F)F)c3)C2)c(Cl)c1. The molecule has 1 amide bonds. The van der Waals surface area contributed by atoms with Gasteiger partial charge in [0.2, 0.25) is 0 Å². The summed E-state index contributed by atoms with van der Waals surface area (Å²) in [7, 11) is -7.75. The van der Waals surface area contributed by atoms with Crippen molar-refractivity contribution in [3.05, 3.63) is 58.6 Å². The zero-order chi connectivity index (χ0) is 26.6. The van der Waals surface area contributed by atoms with Crippen LogP contribution in [0.3, 0.4) is 0 Å². The van der Waals surface area contributed by atoms with Gasteiger partial charge in [-0.25, -0.2) is 16.8 Å². The van der Waals surface area contributed by atoms with Crippen molar-refractivity contribution >= 4 is 37.2 Å². The fourth-order valence-corrected chi connectivity index (χ4v) is 6.88. The molecule has 3 rings (SSSR count). The van der Waals surface area contributed by atoms with E-state index in [-0.39, 0.29) is 28.6 Å². The number of hydrogen-bond donors (Lipinski definition) is 0. The third-order valence-corrected chi connectivity index (χ3v) is 11.5. The Kier molecular flexibility index (Phi) is 7.13. The number of alkyl halides is 3. The Hall–Kier alpha value is -2.11. The molecule has 0 unspecified atom stereocenters. The minimum atomic E-state index is -4.68. The minimum absolute atomic E-state index is 0.0103. The Balaban J connectivity index is 1.79. The first-order valence-corrected chi connectivity index (χ1v) is 14.1. The average molecular weight is 552 g/mol. The van der Waals surface area contributed by atoms with E-state index in [1.54, 1.807) is 0 Å². The highest BCUT2D eigenvalue weighted by molar-refractivity contribution is 7.93. The number of rotatable bonds is 6. The van der Waals surface area contributed by atoms with Crippen molar-refractivity contribution in [1.82, 2.24) is 4.90 Å². The topological polar surface area (TPSA) is 88.6 Å². The summed E-state index contributed by atoms with van der Waals surface area (Å²) in [5.74, 6) is -1.03. The summed E-state index contributed by atoms with van der Waals surface area (Å²) in [5, 5.41) is -0.715. The first kappa shape index (κ1) is 27.5. The molecule has 1 fully saturated rings. The molecule has 0 saturated carbocycles. The molecule has 0 radical (unpaired) electrons. The molecule has 1 saturated heterocycles. The van der Waals surface area contributed by atoms with Gasteiger partial charge in [-0.1, -0.05) is 17.7 Å². The van der Waals surface area contributed by atoms with Crippen LogP contribution >= 0.6 is 11.6 Å². The number of sulfone groups is 2. The summed E-state index contributed by atoms with van der Waals surface area (Å²) in [4.78, 5) is 13.8. The summed E-state index contributed by atoms with van der Waals surface area (Å²) < 4.78 is 88.8. The standard InChI is InChI=1S/C23H25ClF3NO5S2/c1-14(2)34(30,31)17-8-9-19(20(24)11-17)21(29)28-12-16(13-28)22(3,4)35(32,33)18-7-5-6-15(10-18)23(25,26)27/h5-11,14,16H,12-13H2,1-4H3. The highest BCUT2D eigenvalue weighted by atomic mass is 35.5. The van der Waals surface area contributed by atoms with Gasteiger partial charge in [0.05, 0.1) is 35.9 Å². The van der Waals surface area contributed by atoms with Crippen LogP contribution in [0.2, 0.25) is 5.02 Å². The Morgan fingerprint density at radius 2 is 1.60 bits per heavy atom. The molecular formula is C23H25ClF3NO5S2. The molecule has 2 aromatic rings. The number of carbonyl (C=O) groups is 1. The minimum Gasteiger partial charge on any atom is -0.338 e. The molecule has 0 N–H and O–H groups in total. The Labute approximate surface area is 207 Å². The van der Waals surface area contributed by atoms with E-state index in [1.807, 2.05) is 0 Å². The molecule has 0 bridgehead atoms. The van der Waals surface area contributed by atoms with Crippen LogP contribution in [0.25, 0.3) is 0 Å². The molecule has 192 valence electrons. The van der Waals surface area contributed by atoms with Gasteiger partial charge in [0.1, 0.15) is 0 Å². The maximum atomic E-state index is 13.2. The van der Waals surface area contributed by atoms with Gasteiger partial charge in [-0.05, 0) is 64.1 Å². The molecule has 1 aliphatic rings. The number of benzene rings is 2. The van der Waals surface area contributed by atoms with Crippen LogP contribution in [0.1, 0.15) is 43.6 Å². The molecule has 35 heavy (non-hydrogen) atoms. The number of halogens is 4. The zero-order valence-electron chi connectivity index (χ0n) is 19.4. The van der Waals surface area contributed by atoms with E-state index in [4.69, 9.17) is 11.6 Å². The summed E-state index contributed by atoms with van der Waals surface area (Å²) in [5.41, 5.74) is -0.983. The monoisotopic (exact) mass is 551 g/mol. The Morgan fingerprint density at radius 1 is 1.00 bits per heavy atom. The summed E-state index contributed by atoms with van der Waals surface area (Å²) in [6.45, 7) is 6.00. The van der Waals surface area contributed by atoms with Gasteiger partial charge in [0.15, 0.2) is 19.7 Å². The Morgan fingerprint density at radius 3 is 2.11 bits per heavy atom. The van der Waals surface area contributed by atoms with Gasteiger partial charge in [-0.15, -0.1) is 0 Å². The fraction of sp³-hybridized carbons (Fsp3) is 0.435. The van der Waals surface area contributed by atoms with Crippen molar-refractivity contribution in [3.8, 4) is 0 Å². The fourth-order valence-electron chi connectivity index (χ4n) is 3.74. The van der Waals surface area contributed by atoms with Crippen LogP contribution in [0.4, 0.5) is 13.2 Å². The largest absolute Gasteiger partial charge is 0.416 e. The number of amides is 1. The number of hydrogen-bond acceptors (Lipinski definition) is 5. The molecule has 6 nitrogen and oxygen atoms in total. The lowest BCUT2D eigenvalue weighted by atomic mass is 9.87. The maximum absolute atomic E-state index is 13.2. The van der Waals surface area contributed by atoms with E-state index in [2.05, 4.69) is 0 Å². The third kappa shape index (κ3) is 4.95. The number of likely N-dealkylation sites (tertiary alicyclic amines) is 1. The molecule has 0 aromatic heterocycles. The smallest absolute Gasteiger partial charge is 0.338 e. The molecule has 1 aliphatic heterocycles. The second kappa shape index (κ2) is 9.08. The quantitative estimate of drug-likeness (QED) is 0.511. The molecule has 12 heteroatoms. The van der Waals surface area contributed by atoms with Crippen LogP contribution in [0.5, 0.6) is 0 Å². The first-order valence-electron chi connectivity index (χ1n) is 10.7. The zero-order valence-corrected chi connectivity index (χ0v) is 21.8. The van der Waals surface area contributed by atoms with Crippen LogP contribution < -0.4 is 0 Å². The highest BCUT2D eigenvalue weighted by Gasteiger charge is 2.49. The maximum Gasteiger partial charge on any atom is 0.416 e. The molecular weight excluding hydrogens is 527 g/mol. The summed E-state index contributed by atoms with van der Waals surface area (Å²) in [6.07, 6.45) is -4.68. The van der Waals surface area contributed by atoms with Crippen LogP contribution in [-0.2, 0) is 25.9 Å². The van der Waals surface area contributed by atoms with Crippen molar-refractivity contribution in [3.63, 3.8) is 0 Å². The molecule has 1 heterocycles. The van der Waals surface area contributed by atoms with E-state index in [1.165, 1.54) is 50.8 Å². The predicted molar refractivity (Wildman–Crippen MR) is 126 cm³/mol. The highest BCUT2D eigenvalue weighted by Crippen LogP contribution is 2.40. The van der Waals surface area contributed by atoms with Crippen LogP contribution in [0, 0.1) is 5.92 Å². The summed E-state index contributed by atoms with van der Waals surface area (Å²) >= 11 is 6.19. The van der Waals surface area contributed by atoms with Gasteiger partial charge in [0.25, 0.3) is 5.91 Å². The molecule has 0 spiro atoms. The number of nitrogens with zero attached hydrogens (tertiary/aromatic N) is 1. The van der Waals surface area contributed by atoms with E-state index < -0.39 is 58.1 Å². The lowest BCUT2D eigenvalue weighted by molar-refractivity contribution is -0.137.